The highest BCUT2D eigenvalue weighted by Crippen LogP contribution is 2.11. The van der Waals surface area contributed by atoms with Crippen LogP contribution >= 0.6 is 11.5 Å². The second kappa shape index (κ2) is 5.46. The molecule has 0 saturated heterocycles. The van der Waals surface area contributed by atoms with Crippen LogP contribution < -0.4 is 5.32 Å². The molecule has 0 amide bonds. The van der Waals surface area contributed by atoms with Crippen molar-refractivity contribution in [3.05, 3.63) is 51.0 Å². The Labute approximate surface area is 102 Å². The van der Waals surface area contributed by atoms with Crippen LogP contribution in [0.3, 0.4) is 0 Å². The molecule has 0 saturated carbocycles. The van der Waals surface area contributed by atoms with Gasteiger partial charge in [-0.05, 0) is 17.1 Å². The molecule has 2 rings (SSSR count). The molecular formula is C10H10N4O2S. The highest BCUT2D eigenvalue weighted by Gasteiger charge is 2.03. The second-order valence-corrected chi connectivity index (χ2v) is 4.03. The van der Waals surface area contributed by atoms with E-state index in [0.717, 1.165) is 11.3 Å². The molecule has 88 valence electrons. The Morgan fingerprint density at radius 1 is 1.29 bits per heavy atom. The van der Waals surface area contributed by atoms with Gasteiger partial charge in [0.25, 0.3) is 5.69 Å². The van der Waals surface area contributed by atoms with E-state index in [-0.39, 0.29) is 5.69 Å². The highest BCUT2D eigenvalue weighted by molar-refractivity contribution is 7.03. The fourth-order valence-corrected chi connectivity index (χ4v) is 1.78. The summed E-state index contributed by atoms with van der Waals surface area (Å²) in [4.78, 5) is 10.1. The summed E-state index contributed by atoms with van der Waals surface area (Å²) in [5.41, 5.74) is 2.01. The van der Waals surface area contributed by atoms with E-state index in [1.54, 1.807) is 12.1 Å². The van der Waals surface area contributed by atoms with E-state index in [2.05, 4.69) is 14.9 Å². The first-order chi connectivity index (χ1) is 8.25. The SMILES string of the molecule is O=[N+]([O-])c1ccc(CNCc2csnn2)cc1. The van der Waals surface area contributed by atoms with Crippen LogP contribution in [0.1, 0.15) is 11.3 Å². The van der Waals surface area contributed by atoms with Gasteiger partial charge in [-0.2, -0.15) is 0 Å². The van der Waals surface area contributed by atoms with Gasteiger partial charge >= 0.3 is 0 Å². The van der Waals surface area contributed by atoms with Crippen molar-refractivity contribution in [2.75, 3.05) is 0 Å². The number of non-ortho nitro benzene ring substituents is 1. The Balaban J connectivity index is 1.85. The molecule has 6 nitrogen and oxygen atoms in total. The van der Waals surface area contributed by atoms with Crippen molar-refractivity contribution < 1.29 is 4.92 Å². The van der Waals surface area contributed by atoms with Crippen molar-refractivity contribution in [2.24, 2.45) is 0 Å². The van der Waals surface area contributed by atoms with Crippen LogP contribution in [0.25, 0.3) is 0 Å². The minimum absolute atomic E-state index is 0.109. The van der Waals surface area contributed by atoms with Crippen molar-refractivity contribution in [1.82, 2.24) is 14.9 Å². The van der Waals surface area contributed by atoms with Crippen molar-refractivity contribution >= 4 is 17.2 Å². The second-order valence-electron chi connectivity index (χ2n) is 3.42. The topological polar surface area (TPSA) is 81.0 Å². The zero-order valence-electron chi connectivity index (χ0n) is 8.87. The van der Waals surface area contributed by atoms with Gasteiger partial charge in [0.15, 0.2) is 0 Å². The third kappa shape index (κ3) is 3.30. The molecule has 0 aliphatic carbocycles. The lowest BCUT2D eigenvalue weighted by atomic mass is 10.2. The fourth-order valence-electron chi connectivity index (χ4n) is 1.33. The monoisotopic (exact) mass is 250 g/mol. The van der Waals surface area contributed by atoms with E-state index in [4.69, 9.17) is 0 Å². The maximum Gasteiger partial charge on any atom is 0.269 e. The summed E-state index contributed by atoms with van der Waals surface area (Å²) in [7, 11) is 0. The van der Waals surface area contributed by atoms with Crippen molar-refractivity contribution in [2.45, 2.75) is 13.1 Å². The van der Waals surface area contributed by atoms with Gasteiger partial charge < -0.3 is 5.32 Å². The molecule has 17 heavy (non-hydrogen) atoms. The quantitative estimate of drug-likeness (QED) is 0.645. The van der Waals surface area contributed by atoms with Gasteiger partial charge in [-0.1, -0.05) is 16.6 Å². The van der Waals surface area contributed by atoms with Gasteiger partial charge in [0.1, 0.15) is 0 Å². The van der Waals surface area contributed by atoms with E-state index < -0.39 is 4.92 Å². The average molecular weight is 250 g/mol. The normalized spacial score (nSPS) is 10.4. The van der Waals surface area contributed by atoms with Gasteiger partial charge in [-0.25, -0.2) is 0 Å². The number of aromatic nitrogens is 2. The smallest absolute Gasteiger partial charge is 0.269 e. The molecular weight excluding hydrogens is 240 g/mol. The minimum Gasteiger partial charge on any atom is -0.307 e. The van der Waals surface area contributed by atoms with E-state index in [9.17, 15) is 10.1 Å². The molecule has 0 atom stereocenters. The third-order valence-corrected chi connectivity index (χ3v) is 2.74. The van der Waals surface area contributed by atoms with Crippen LogP contribution in [0.4, 0.5) is 5.69 Å². The zero-order chi connectivity index (χ0) is 12.1. The van der Waals surface area contributed by atoms with Crippen molar-refractivity contribution in [3.63, 3.8) is 0 Å². The molecule has 2 aromatic rings. The van der Waals surface area contributed by atoms with Crippen LogP contribution in [0.5, 0.6) is 0 Å². The summed E-state index contributed by atoms with van der Waals surface area (Å²) in [5, 5.41) is 19.4. The van der Waals surface area contributed by atoms with E-state index >= 15 is 0 Å². The average Bonchev–Trinajstić information content (AvgIpc) is 2.83. The van der Waals surface area contributed by atoms with Crippen LogP contribution in [-0.4, -0.2) is 14.5 Å². The molecule has 0 fully saturated rings. The Morgan fingerprint density at radius 2 is 2.06 bits per heavy atom. The third-order valence-electron chi connectivity index (χ3n) is 2.19. The lowest BCUT2D eigenvalue weighted by Crippen LogP contribution is -2.12. The van der Waals surface area contributed by atoms with Gasteiger partial charge in [0.05, 0.1) is 10.6 Å². The summed E-state index contributed by atoms with van der Waals surface area (Å²) < 4.78 is 3.76. The Morgan fingerprint density at radius 3 is 2.65 bits per heavy atom. The first-order valence-electron chi connectivity index (χ1n) is 4.95. The molecule has 1 N–H and O–H groups in total. The predicted octanol–water partition coefficient (Wildman–Crippen LogP) is 1.74. The van der Waals surface area contributed by atoms with E-state index in [0.29, 0.717) is 13.1 Å². The summed E-state index contributed by atoms with van der Waals surface area (Å²) in [6.45, 7) is 1.29. The van der Waals surface area contributed by atoms with E-state index in [1.807, 2.05) is 5.38 Å². The largest absolute Gasteiger partial charge is 0.307 e. The summed E-state index contributed by atoms with van der Waals surface area (Å²) in [6.07, 6.45) is 0. The van der Waals surface area contributed by atoms with Crippen LogP contribution in [0, 0.1) is 10.1 Å². The Bertz CT molecular complexity index is 484. The first-order valence-corrected chi connectivity index (χ1v) is 5.79. The maximum atomic E-state index is 10.5. The Hall–Kier alpha value is -1.86. The minimum atomic E-state index is -0.405. The number of nitrogens with one attached hydrogen (secondary N) is 1. The molecule has 7 heteroatoms. The molecule has 1 aromatic carbocycles. The van der Waals surface area contributed by atoms with Crippen molar-refractivity contribution in [3.8, 4) is 0 Å². The fraction of sp³-hybridized carbons (Fsp3) is 0.200. The molecule has 0 aliphatic heterocycles. The van der Waals surface area contributed by atoms with E-state index in [1.165, 1.54) is 23.7 Å². The first kappa shape index (κ1) is 11.6. The standard InChI is InChI=1S/C10H10N4O2S/c15-14(16)10-3-1-8(2-4-10)5-11-6-9-7-17-13-12-9/h1-4,7,11H,5-6H2. The van der Waals surface area contributed by atoms with Crippen LogP contribution in [0.15, 0.2) is 29.6 Å². The number of hydrogen-bond donors (Lipinski definition) is 1. The molecule has 1 aromatic heterocycles. The summed E-state index contributed by atoms with van der Waals surface area (Å²) in [5.74, 6) is 0. The molecule has 0 radical (unpaired) electrons. The number of rotatable bonds is 5. The number of nitro benzene ring substituents is 1. The summed E-state index contributed by atoms with van der Waals surface area (Å²) >= 11 is 1.31. The molecule has 0 spiro atoms. The lowest BCUT2D eigenvalue weighted by Gasteiger charge is -2.02. The molecule has 0 aliphatic rings. The lowest BCUT2D eigenvalue weighted by molar-refractivity contribution is -0.384. The molecule has 1 heterocycles. The number of benzene rings is 1. The van der Waals surface area contributed by atoms with Crippen LogP contribution in [-0.2, 0) is 13.1 Å². The molecule has 0 unspecified atom stereocenters. The van der Waals surface area contributed by atoms with Gasteiger partial charge in [0, 0.05) is 30.6 Å². The van der Waals surface area contributed by atoms with Crippen LogP contribution in [0.2, 0.25) is 0 Å². The predicted molar refractivity (Wildman–Crippen MR) is 63.5 cm³/mol. The number of nitrogens with zero attached hydrogens (tertiary/aromatic N) is 3. The highest BCUT2D eigenvalue weighted by atomic mass is 32.1. The van der Waals surface area contributed by atoms with Gasteiger partial charge in [-0.3, -0.25) is 10.1 Å². The van der Waals surface area contributed by atoms with Crippen molar-refractivity contribution in [1.29, 1.82) is 0 Å². The van der Waals surface area contributed by atoms with Gasteiger partial charge in [0.2, 0.25) is 0 Å². The molecule has 0 bridgehead atoms. The number of hydrogen-bond acceptors (Lipinski definition) is 6. The Kier molecular flexibility index (Phi) is 3.73. The van der Waals surface area contributed by atoms with Gasteiger partial charge in [-0.15, -0.1) is 5.10 Å². The summed E-state index contributed by atoms with van der Waals surface area (Å²) in [6, 6.07) is 6.48. The maximum absolute atomic E-state index is 10.5. The zero-order valence-corrected chi connectivity index (χ0v) is 9.68. The number of nitro groups is 1.